The van der Waals surface area contributed by atoms with Crippen LogP contribution in [0.4, 0.5) is 11.4 Å². The highest BCUT2D eigenvalue weighted by Gasteiger charge is 2.23. The molecule has 0 spiro atoms. The van der Waals surface area contributed by atoms with Crippen molar-refractivity contribution in [2.24, 2.45) is 0 Å². The molecule has 0 saturated carbocycles. The van der Waals surface area contributed by atoms with Crippen LogP contribution in [0.2, 0.25) is 0 Å². The van der Waals surface area contributed by atoms with Crippen LogP contribution in [0.25, 0.3) is 6.08 Å². The smallest absolute Gasteiger partial charge is 0.335 e. The molecule has 0 aliphatic heterocycles. The lowest BCUT2D eigenvalue weighted by Gasteiger charge is -2.18. The van der Waals surface area contributed by atoms with E-state index in [9.17, 15) is 24.3 Å². The Morgan fingerprint density at radius 3 is 2.00 bits per heavy atom. The lowest BCUT2D eigenvalue weighted by Crippen LogP contribution is -2.30. The number of benzene rings is 5. The van der Waals surface area contributed by atoms with Crippen molar-refractivity contribution >= 4 is 52.9 Å². The SMILES string of the molecule is COc1ccc(/C=C(/NC(=O)c2ccccc2)C(=O)Nc2cccc(SC(C(=O)Nc3cccc(C(=O)O)c3)c3ccccc3)c2)cc1. The fourth-order valence-electron chi connectivity index (χ4n) is 4.63. The zero-order valence-electron chi connectivity index (χ0n) is 25.8. The Labute approximate surface area is 281 Å². The summed E-state index contributed by atoms with van der Waals surface area (Å²) in [5, 5.41) is 17.1. The number of methoxy groups -OCH3 is 1. The number of carbonyl (C=O) groups is 4. The van der Waals surface area contributed by atoms with Gasteiger partial charge in [0.1, 0.15) is 16.7 Å². The highest BCUT2D eigenvalue weighted by molar-refractivity contribution is 8.00. The summed E-state index contributed by atoms with van der Waals surface area (Å²) < 4.78 is 5.23. The van der Waals surface area contributed by atoms with Gasteiger partial charge in [-0.3, -0.25) is 14.4 Å². The molecule has 9 nitrogen and oxygen atoms in total. The molecule has 1 atom stereocenters. The Morgan fingerprint density at radius 2 is 1.33 bits per heavy atom. The summed E-state index contributed by atoms with van der Waals surface area (Å²) in [7, 11) is 1.56. The summed E-state index contributed by atoms with van der Waals surface area (Å²) in [5.74, 6) is -1.79. The van der Waals surface area contributed by atoms with Gasteiger partial charge in [0.15, 0.2) is 0 Å². The van der Waals surface area contributed by atoms with E-state index in [0.29, 0.717) is 33.1 Å². The number of anilines is 2. The van der Waals surface area contributed by atoms with Crippen molar-refractivity contribution in [1.29, 1.82) is 0 Å². The maximum absolute atomic E-state index is 13.6. The number of thioether (sulfide) groups is 1. The number of rotatable bonds is 12. The highest BCUT2D eigenvalue weighted by Crippen LogP contribution is 2.37. The van der Waals surface area contributed by atoms with Crippen molar-refractivity contribution in [1.82, 2.24) is 5.32 Å². The van der Waals surface area contributed by atoms with E-state index >= 15 is 0 Å². The van der Waals surface area contributed by atoms with Gasteiger partial charge in [-0.25, -0.2) is 4.79 Å². The Bertz CT molecular complexity index is 1950. The lowest BCUT2D eigenvalue weighted by atomic mass is 10.1. The Morgan fingerprint density at radius 1 is 0.708 bits per heavy atom. The van der Waals surface area contributed by atoms with Crippen LogP contribution in [0.1, 0.15) is 37.1 Å². The van der Waals surface area contributed by atoms with Crippen LogP contribution in [0.5, 0.6) is 5.75 Å². The topological polar surface area (TPSA) is 134 Å². The van der Waals surface area contributed by atoms with Crippen molar-refractivity contribution in [3.05, 3.63) is 161 Å². The molecular weight excluding hydrogens is 626 g/mol. The van der Waals surface area contributed by atoms with E-state index in [2.05, 4.69) is 16.0 Å². The molecule has 0 aliphatic rings. The van der Waals surface area contributed by atoms with Gasteiger partial charge in [0.05, 0.1) is 12.7 Å². The van der Waals surface area contributed by atoms with E-state index in [1.54, 1.807) is 98.1 Å². The number of ether oxygens (including phenoxy) is 1. The third-order valence-corrected chi connectivity index (χ3v) is 8.27. The number of hydrogen-bond donors (Lipinski definition) is 4. The molecule has 5 aromatic rings. The first-order valence-electron chi connectivity index (χ1n) is 14.8. The molecule has 4 N–H and O–H groups in total. The predicted octanol–water partition coefficient (Wildman–Crippen LogP) is 7.28. The maximum atomic E-state index is 13.6. The van der Waals surface area contributed by atoms with Crippen molar-refractivity contribution < 1.29 is 29.0 Å². The molecule has 0 radical (unpaired) electrons. The Hall–Kier alpha value is -6.13. The van der Waals surface area contributed by atoms with Crippen LogP contribution in [-0.2, 0) is 9.59 Å². The van der Waals surface area contributed by atoms with Crippen molar-refractivity contribution in [2.75, 3.05) is 17.7 Å². The molecule has 10 heteroatoms. The number of carboxylic acid groups (broad SMARTS) is 1. The van der Waals surface area contributed by atoms with Gasteiger partial charge in [0.25, 0.3) is 11.8 Å². The van der Waals surface area contributed by atoms with Crippen molar-refractivity contribution in [2.45, 2.75) is 10.1 Å². The largest absolute Gasteiger partial charge is 0.497 e. The number of carboxylic acids is 1. The molecule has 0 saturated heterocycles. The highest BCUT2D eigenvalue weighted by atomic mass is 32.2. The molecular formula is C38H31N3O6S. The molecule has 0 fully saturated rings. The van der Waals surface area contributed by atoms with Crippen LogP contribution in [0.15, 0.2) is 144 Å². The normalized spacial score (nSPS) is 11.6. The molecule has 0 aliphatic carbocycles. The summed E-state index contributed by atoms with van der Waals surface area (Å²) in [6.45, 7) is 0. The predicted molar refractivity (Wildman–Crippen MR) is 187 cm³/mol. The fraction of sp³-hybridized carbons (Fsp3) is 0.0526. The molecule has 5 rings (SSSR count). The molecule has 0 bridgehead atoms. The van der Waals surface area contributed by atoms with E-state index < -0.39 is 23.0 Å². The Kier molecular flexibility index (Phi) is 11.0. The third kappa shape index (κ3) is 8.99. The van der Waals surface area contributed by atoms with Gasteiger partial charge in [-0.1, -0.05) is 72.8 Å². The van der Waals surface area contributed by atoms with Crippen molar-refractivity contribution in [3.8, 4) is 5.75 Å². The first-order chi connectivity index (χ1) is 23.3. The van der Waals surface area contributed by atoms with Crippen LogP contribution in [0, 0.1) is 0 Å². The number of carbonyl (C=O) groups excluding carboxylic acids is 3. The number of aromatic carboxylic acids is 1. The zero-order valence-corrected chi connectivity index (χ0v) is 26.6. The van der Waals surface area contributed by atoms with Gasteiger partial charge in [0.2, 0.25) is 5.91 Å². The van der Waals surface area contributed by atoms with E-state index in [1.165, 1.54) is 23.9 Å². The number of hydrogen-bond acceptors (Lipinski definition) is 6. The summed E-state index contributed by atoms with van der Waals surface area (Å²) in [5.41, 5.74) is 2.68. The Balaban J connectivity index is 1.37. The third-order valence-electron chi connectivity index (χ3n) is 7.02. The molecule has 3 amide bonds. The molecule has 5 aromatic carbocycles. The van der Waals surface area contributed by atoms with E-state index in [0.717, 1.165) is 5.56 Å². The zero-order chi connectivity index (χ0) is 33.9. The molecule has 48 heavy (non-hydrogen) atoms. The monoisotopic (exact) mass is 657 g/mol. The molecule has 1 unspecified atom stereocenters. The molecule has 0 aromatic heterocycles. The summed E-state index contributed by atoms with van der Waals surface area (Å²) >= 11 is 1.27. The van der Waals surface area contributed by atoms with Crippen LogP contribution >= 0.6 is 11.8 Å². The quantitative estimate of drug-likeness (QED) is 0.0819. The van der Waals surface area contributed by atoms with Gasteiger partial charge < -0.3 is 25.8 Å². The van der Waals surface area contributed by atoms with Gasteiger partial charge in [0, 0.05) is 21.8 Å². The second-order valence-electron chi connectivity index (χ2n) is 10.4. The minimum Gasteiger partial charge on any atom is -0.497 e. The molecule has 0 heterocycles. The minimum absolute atomic E-state index is 0.0252. The van der Waals surface area contributed by atoms with Gasteiger partial charge >= 0.3 is 5.97 Å². The second kappa shape index (κ2) is 15.9. The van der Waals surface area contributed by atoms with Gasteiger partial charge in [-0.15, -0.1) is 11.8 Å². The van der Waals surface area contributed by atoms with Gasteiger partial charge in [-0.05, 0) is 77.9 Å². The second-order valence-corrected chi connectivity index (χ2v) is 11.6. The van der Waals surface area contributed by atoms with Crippen LogP contribution < -0.4 is 20.7 Å². The minimum atomic E-state index is -1.10. The van der Waals surface area contributed by atoms with Crippen LogP contribution in [0.3, 0.4) is 0 Å². The van der Waals surface area contributed by atoms with Gasteiger partial charge in [-0.2, -0.15) is 0 Å². The summed E-state index contributed by atoms with van der Waals surface area (Å²) in [6, 6.07) is 37.9. The van der Waals surface area contributed by atoms with Crippen LogP contribution in [-0.4, -0.2) is 35.9 Å². The average Bonchev–Trinajstić information content (AvgIpc) is 3.11. The fourth-order valence-corrected chi connectivity index (χ4v) is 5.71. The van der Waals surface area contributed by atoms with E-state index in [-0.39, 0.29) is 17.2 Å². The number of nitrogens with one attached hydrogen (secondary N) is 3. The number of amides is 3. The van der Waals surface area contributed by atoms with E-state index in [4.69, 9.17) is 4.74 Å². The standard InChI is InChI=1S/C38H31N3O6S/c1-47-31-20-18-25(19-21-31)22-33(41-35(42)27-12-6-3-7-13-27)36(43)39-30-16-9-17-32(24-30)48-34(26-10-4-2-5-11-26)37(44)40-29-15-8-14-28(23-29)38(45)46/h2-24,34H,1H3,(H,39,43)(H,40,44)(H,41,42)(H,45,46)/b33-22+. The van der Waals surface area contributed by atoms with Crippen molar-refractivity contribution in [3.63, 3.8) is 0 Å². The van der Waals surface area contributed by atoms with E-state index in [1.807, 2.05) is 36.4 Å². The first-order valence-corrected chi connectivity index (χ1v) is 15.7. The first kappa shape index (κ1) is 33.2. The summed E-state index contributed by atoms with van der Waals surface area (Å²) in [6.07, 6.45) is 1.57. The molecule has 240 valence electrons. The summed E-state index contributed by atoms with van der Waals surface area (Å²) in [4.78, 5) is 52.4. The average molecular weight is 658 g/mol. The lowest BCUT2D eigenvalue weighted by molar-refractivity contribution is -0.116. The maximum Gasteiger partial charge on any atom is 0.335 e.